The van der Waals surface area contributed by atoms with Crippen LogP contribution in [-0.4, -0.2) is 11.6 Å². The Balaban J connectivity index is 2.25. The molecule has 0 radical (unpaired) electrons. The molecule has 6 heteroatoms. The minimum atomic E-state index is -4.49. The number of carbonyl (C=O) groups is 1. The SMILES string of the molecule is CC(C)(C)OC(=O)C(OCc1ccccc1C(F)(F)F)c1ccccc1. The summed E-state index contributed by atoms with van der Waals surface area (Å²) in [5.74, 6) is -0.645. The summed E-state index contributed by atoms with van der Waals surface area (Å²) in [7, 11) is 0. The second kappa shape index (κ2) is 7.91. The Kier molecular flexibility index (Phi) is 6.08. The fourth-order valence-corrected chi connectivity index (χ4v) is 2.38. The van der Waals surface area contributed by atoms with Gasteiger partial charge < -0.3 is 9.47 Å². The molecule has 3 nitrogen and oxygen atoms in total. The van der Waals surface area contributed by atoms with Crippen LogP contribution < -0.4 is 0 Å². The van der Waals surface area contributed by atoms with Crippen molar-refractivity contribution in [3.8, 4) is 0 Å². The van der Waals surface area contributed by atoms with Crippen LogP contribution >= 0.6 is 0 Å². The van der Waals surface area contributed by atoms with Gasteiger partial charge in [-0.05, 0) is 38.0 Å². The number of hydrogen-bond acceptors (Lipinski definition) is 3. The fraction of sp³-hybridized carbons (Fsp3) is 0.350. The van der Waals surface area contributed by atoms with Crippen molar-refractivity contribution in [2.45, 2.75) is 45.3 Å². The third kappa shape index (κ3) is 5.59. The van der Waals surface area contributed by atoms with Crippen molar-refractivity contribution < 1.29 is 27.4 Å². The van der Waals surface area contributed by atoms with E-state index in [-0.39, 0.29) is 12.2 Å². The van der Waals surface area contributed by atoms with Gasteiger partial charge in [0.25, 0.3) is 0 Å². The highest BCUT2D eigenvalue weighted by molar-refractivity contribution is 5.77. The lowest BCUT2D eigenvalue weighted by molar-refractivity contribution is -0.170. The molecule has 0 N–H and O–H groups in total. The molecule has 0 aliphatic rings. The molecular formula is C20H21F3O3. The van der Waals surface area contributed by atoms with Crippen molar-refractivity contribution in [2.75, 3.05) is 0 Å². The lowest BCUT2D eigenvalue weighted by Crippen LogP contribution is -2.29. The number of ether oxygens (including phenoxy) is 2. The Morgan fingerprint density at radius 1 is 0.962 bits per heavy atom. The van der Waals surface area contributed by atoms with Gasteiger partial charge in [0.1, 0.15) is 5.60 Å². The van der Waals surface area contributed by atoms with Crippen LogP contribution in [0.15, 0.2) is 54.6 Å². The third-order valence-corrected chi connectivity index (χ3v) is 3.45. The molecule has 0 aliphatic heterocycles. The molecule has 2 aromatic carbocycles. The van der Waals surface area contributed by atoms with Crippen LogP contribution in [0.2, 0.25) is 0 Å². The average Bonchev–Trinajstić information content (AvgIpc) is 2.54. The maximum absolute atomic E-state index is 13.1. The van der Waals surface area contributed by atoms with Gasteiger partial charge in [0.15, 0.2) is 6.10 Å². The van der Waals surface area contributed by atoms with Crippen molar-refractivity contribution in [3.63, 3.8) is 0 Å². The lowest BCUT2D eigenvalue weighted by atomic mass is 10.1. The highest BCUT2D eigenvalue weighted by Gasteiger charge is 2.34. The molecular weight excluding hydrogens is 345 g/mol. The van der Waals surface area contributed by atoms with E-state index in [1.807, 2.05) is 0 Å². The van der Waals surface area contributed by atoms with Gasteiger partial charge in [-0.15, -0.1) is 0 Å². The van der Waals surface area contributed by atoms with E-state index in [4.69, 9.17) is 9.47 Å². The number of benzene rings is 2. The summed E-state index contributed by atoms with van der Waals surface area (Å²) < 4.78 is 50.3. The zero-order valence-corrected chi connectivity index (χ0v) is 14.8. The molecule has 1 unspecified atom stereocenters. The van der Waals surface area contributed by atoms with Crippen molar-refractivity contribution >= 4 is 5.97 Å². The molecule has 0 saturated carbocycles. The first-order chi connectivity index (χ1) is 12.1. The van der Waals surface area contributed by atoms with Crippen LogP contribution in [-0.2, 0) is 27.1 Å². The number of esters is 1. The number of halogens is 3. The number of alkyl halides is 3. The minimum absolute atomic E-state index is 0.0375. The van der Waals surface area contributed by atoms with Gasteiger partial charge >= 0.3 is 12.1 Å². The number of hydrogen-bond donors (Lipinski definition) is 0. The molecule has 1 atom stereocenters. The topological polar surface area (TPSA) is 35.5 Å². The number of rotatable bonds is 5. The molecule has 0 amide bonds. The van der Waals surface area contributed by atoms with Gasteiger partial charge in [0, 0.05) is 0 Å². The van der Waals surface area contributed by atoms with E-state index in [0.29, 0.717) is 5.56 Å². The molecule has 140 valence electrons. The fourth-order valence-electron chi connectivity index (χ4n) is 2.38. The van der Waals surface area contributed by atoms with E-state index >= 15 is 0 Å². The molecule has 2 rings (SSSR count). The first-order valence-corrected chi connectivity index (χ1v) is 8.12. The standard InChI is InChI=1S/C20H21F3O3/c1-19(2,3)26-18(24)17(14-9-5-4-6-10-14)25-13-15-11-7-8-12-16(15)20(21,22)23/h4-12,17H,13H2,1-3H3. The van der Waals surface area contributed by atoms with E-state index in [1.54, 1.807) is 51.1 Å². The molecule has 2 aromatic rings. The van der Waals surface area contributed by atoms with Crippen molar-refractivity contribution in [1.29, 1.82) is 0 Å². The maximum Gasteiger partial charge on any atom is 0.416 e. The first-order valence-electron chi connectivity index (χ1n) is 8.12. The van der Waals surface area contributed by atoms with E-state index < -0.39 is 29.4 Å². The normalized spacial score (nSPS) is 13.3. The summed E-state index contributed by atoms with van der Waals surface area (Å²) in [6, 6.07) is 13.7. The average molecular weight is 366 g/mol. The lowest BCUT2D eigenvalue weighted by Gasteiger charge is -2.24. The predicted octanol–water partition coefficient (Wildman–Crippen LogP) is 5.31. The van der Waals surface area contributed by atoms with Crippen LogP contribution in [0.1, 0.15) is 43.6 Å². The van der Waals surface area contributed by atoms with E-state index in [9.17, 15) is 18.0 Å². The summed E-state index contributed by atoms with van der Waals surface area (Å²) in [5.41, 5.74) is -1.04. The first kappa shape index (κ1) is 20.0. The summed E-state index contributed by atoms with van der Waals surface area (Å²) >= 11 is 0. The number of carbonyl (C=O) groups excluding carboxylic acids is 1. The summed E-state index contributed by atoms with van der Waals surface area (Å²) in [4.78, 5) is 12.5. The Labute approximate surface area is 150 Å². The Morgan fingerprint density at radius 3 is 2.12 bits per heavy atom. The highest BCUT2D eigenvalue weighted by atomic mass is 19.4. The van der Waals surface area contributed by atoms with Crippen LogP contribution in [0.5, 0.6) is 0 Å². The second-order valence-electron chi connectivity index (χ2n) is 6.79. The van der Waals surface area contributed by atoms with E-state index in [2.05, 4.69) is 0 Å². The Hall–Kier alpha value is -2.34. The predicted molar refractivity (Wildman–Crippen MR) is 91.3 cm³/mol. The Morgan fingerprint density at radius 2 is 1.54 bits per heavy atom. The molecule has 0 heterocycles. The van der Waals surface area contributed by atoms with Gasteiger partial charge in [-0.3, -0.25) is 0 Å². The minimum Gasteiger partial charge on any atom is -0.458 e. The van der Waals surface area contributed by atoms with Gasteiger partial charge in [0.2, 0.25) is 0 Å². The Bertz CT molecular complexity index is 734. The molecule has 0 bridgehead atoms. The molecule has 0 saturated heterocycles. The van der Waals surface area contributed by atoms with Gasteiger partial charge in [0.05, 0.1) is 12.2 Å². The zero-order valence-electron chi connectivity index (χ0n) is 14.8. The van der Waals surface area contributed by atoms with Crippen molar-refractivity contribution in [3.05, 3.63) is 71.3 Å². The van der Waals surface area contributed by atoms with Crippen LogP contribution in [0.3, 0.4) is 0 Å². The van der Waals surface area contributed by atoms with Crippen LogP contribution in [0.25, 0.3) is 0 Å². The third-order valence-electron chi connectivity index (χ3n) is 3.45. The van der Waals surface area contributed by atoms with Gasteiger partial charge in [-0.25, -0.2) is 4.79 Å². The largest absolute Gasteiger partial charge is 0.458 e. The second-order valence-corrected chi connectivity index (χ2v) is 6.79. The van der Waals surface area contributed by atoms with Crippen LogP contribution in [0.4, 0.5) is 13.2 Å². The zero-order chi connectivity index (χ0) is 19.4. The molecule has 0 aliphatic carbocycles. The quantitative estimate of drug-likeness (QED) is 0.673. The van der Waals surface area contributed by atoms with Crippen molar-refractivity contribution in [1.82, 2.24) is 0 Å². The molecule has 26 heavy (non-hydrogen) atoms. The van der Waals surface area contributed by atoms with Crippen molar-refractivity contribution in [2.24, 2.45) is 0 Å². The summed E-state index contributed by atoms with van der Waals surface area (Å²) in [6.07, 6.45) is -5.61. The summed E-state index contributed by atoms with van der Waals surface area (Å²) in [6.45, 7) is 4.78. The summed E-state index contributed by atoms with van der Waals surface area (Å²) in [5, 5.41) is 0. The van der Waals surface area contributed by atoms with E-state index in [0.717, 1.165) is 6.07 Å². The molecule has 0 fully saturated rings. The van der Waals surface area contributed by atoms with E-state index in [1.165, 1.54) is 18.2 Å². The maximum atomic E-state index is 13.1. The molecule has 0 spiro atoms. The van der Waals surface area contributed by atoms with Gasteiger partial charge in [-0.2, -0.15) is 13.2 Å². The molecule has 0 aromatic heterocycles. The van der Waals surface area contributed by atoms with Crippen LogP contribution in [0, 0.1) is 0 Å². The van der Waals surface area contributed by atoms with Gasteiger partial charge in [-0.1, -0.05) is 48.5 Å². The monoisotopic (exact) mass is 366 g/mol. The smallest absolute Gasteiger partial charge is 0.416 e. The highest BCUT2D eigenvalue weighted by Crippen LogP contribution is 2.33.